The topological polar surface area (TPSA) is 32.3 Å². The van der Waals surface area contributed by atoms with E-state index in [2.05, 4.69) is 5.32 Å². The molecule has 0 aromatic heterocycles. The monoisotopic (exact) mass is 241 g/mol. The van der Waals surface area contributed by atoms with Gasteiger partial charge in [-0.3, -0.25) is 0 Å². The summed E-state index contributed by atoms with van der Waals surface area (Å²) in [6, 6.07) is 7.80. The second-order valence-corrected chi connectivity index (χ2v) is 4.84. The molecule has 0 saturated carbocycles. The summed E-state index contributed by atoms with van der Waals surface area (Å²) in [5.41, 5.74) is 1.21. The summed E-state index contributed by atoms with van der Waals surface area (Å²) >= 11 is 5.80. The molecule has 1 unspecified atom stereocenters. The van der Waals surface area contributed by atoms with Gasteiger partial charge in [0.05, 0.1) is 6.10 Å². The van der Waals surface area contributed by atoms with Gasteiger partial charge in [-0.2, -0.15) is 0 Å². The Bertz CT molecular complexity index is 297. The summed E-state index contributed by atoms with van der Waals surface area (Å²) in [5.74, 6) is 0.331. The zero-order chi connectivity index (χ0) is 12.0. The molecular weight excluding hydrogens is 222 g/mol. The molecule has 0 aliphatic heterocycles. The van der Waals surface area contributed by atoms with Crippen molar-refractivity contribution < 1.29 is 5.11 Å². The van der Waals surface area contributed by atoms with Gasteiger partial charge in [-0.05, 0) is 36.6 Å². The van der Waals surface area contributed by atoms with E-state index in [9.17, 15) is 5.11 Å². The maximum Gasteiger partial charge on any atom is 0.0575 e. The van der Waals surface area contributed by atoms with Gasteiger partial charge in [-0.1, -0.05) is 37.6 Å². The molecule has 0 bridgehead atoms. The fraction of sp³-hybridized carbons (Fsp3) is 0.538. The number of halogens is 1. The maximum absolute atomic E-state index is 9.60. The minimum absolute atomic E-state index is 0.210. The molecule has 0 radical (unpaired) electrons. The van der Waals surface area contributed by atoms with Crippen molar-refractivity contribution in [2.75, 3.05) is 6.54 Å². The smallest absolute Gasteiger partial charge is 0.0575 e. The van der Waals surface area contributed by atoms with Crippen LogP contribution in [-0.4, -0.2) is 17.8 Å². The highest BCUT2D eigenvalue weighted by Crippen LogP contribution is 2.09. The van der Waals surface area contributed by atoms with Crippen LogP contribution in [0.15, 0.2) is 24.3 Å². The van der Waals surface area contributed by atoms with E-state index in [4.69, 9.17) is 11.6 Å². The summed E-state index contributed by atoms with van der Waals surface area (Å²) in [7, 11) is 0. The molecule has 0 saturated heterocycles. The summed E-state index contributed by atoms with van der Waals surface area (Å²) in [4.78, 5) is 0. The van der Waals surface area contributed by atoms with Crippen molar-refractivity contribution >= 4 is 11.6 Å². The van der Waals surface area contributed by atoms with Gasteiger partial charge in [-0.15, -0.1) is 0 Å². The molecule has 0 heterocycles. The largest absolute Gasteiger partial charge is 0.393 e. The van der Waals surface area contributed by atoms with Crippen LogP contribution in [0.25, 0.3) is 0 Å². The van der Waals surface area contributed by atoms with Gasteiger partial charge in [0, 0.05) is 11.6 Å². The van der Waals surface area contributed by atoms with Gasteiger partial charge in [-0.25, -0.2) is 0 Å². The summed E-state index contributed by atoms with van der Waals surface area (Å²) < 4.78 is 0. The lowest BCUT2D eigenvalue weighted by molar-refractivity contribution is 0.116. The van der Waals surface area contributed by atoms with Crippen LogP contribution < -0.4 is 5.32 Å². The van der Waals surface area contributed by atoms with Crippen molar-refractivity contribution in [2.45, 2.75) is 32.9 Å². The van der Waals surface area contributed by atoms with Crippen molar-refractivity contribution in [3.63, 3.8) is 0 Å². The first-order valence-corrected chi connectivity index (χ1v) is 6.10. The van der Waals surface area contributed by atoms with Crippen LogP contribution in [0.1, 0.15) is 25.8 Å². The van der Waals surface area contributed by atoms with E-state index in [1.807, 2.05) is 38.1 Å². The molecule has 0 fully saturated rings. The van der Waals surface area contributed by atoms with Gasteiger partial charge >= 0.3 is 0 Å². The van der Waals surface area contributed by atoms with Crippen LogP contribution in [0.3, 0.4) is 0 Å². The summed E-state index contributed by atoms with van der Waals surface area (Å²) in [6.07, 6.45) is 0.586. The maximum atomic E-state index is 9.60. The van der Waals surface area contributed by atoms with E-state index in [0.29, 0.717) is 5.92 Å². The predicted molar refractivity (Wildman–Crippen MR) is 68.6 cm³/mol. The lowest BCUT2D eigenvalue weighted by Gasteiger charge is -2.14. The van der Waals surface area contributed by atoms with Gasteiger partial charge < -0.3 is 10.4 Å². The number of rotatable bonds is 6. The van der Waals surface area contributed by atoms with Gasteiger partial charge in [0.15, 0.2) is 0 Å². The van der Waals surface area contributed by atoms with Crippen molar-refractivity contribution in [3.8, 4) is 0 Å². The van der Waals surface area contributed by atoms with Crippen molar-refractivity contribution in [3.05, 3.63) is 34.9 Å². The van der Waals surface area contributed by atoms with E-state index < -0.39 is 0 Å². The zero-order valence-corrected chi connectivity index (χ0v) is 10.7. The SMILES string of the molecule is CC(C)C(O)CCNCc1ccc(Cl)cc1. The Morgan fingerprint density at radius 3 is 2.44 bits per heavy atom. The fourth-order valence-corrected chi connectivity index (χ4v) is 1.54. The Hall–Kier alpha value is -0.570. The second kappa shape index (κ2) is 6.89. The molecule has 2 N–H and O–H groups in total. The van der Waals surface area contributed by atoms with Gasteiger partial charge in [0.1, 0.15) is 0 Å². The zero-order valence-electron chi connectivity index (χ0n) is 9.91. The normalized spacial score (nSPS) is 13.1. The molecule has 2 nitrogen and oxygen atoms in total. The highest BCUT2D eigenvalue weighted by Gasteiger charge is 2.07. The van der Waals surface area contributed by atoms with Gasteiger partial charge in [0.25, 0.3) is 0 Å². The molecule has 1 rings (SSSR count). The molecule has 0 aliphatic rings. The van der Waals surface area contributed by atoms with E-state index in [1.54, 1.807) is 0 Å². The lowest BCUT2D eigenvalue weighted by atomic mass is 10.0. The van der Waals surface area contributed by atoms with Crippen LogP contribution in [0.2, 0.25) is 5.02 Å². The van der Waals surface area contributed by atoms with E-state index in [-0.39, 0.29) is 6.10 Å². The number of nitrogens with one attached hydrogen (secondary N) is 1. The molecule has 16 heavy (non-hydrogen) atoms. The van der Waals surface area contributed by atoms with Gasteiger partial charge in [0.2, 0.25) is 0 Å². The number of aliphatic hydroxyl groups excluding tert-OH is 1. The van der Waals surface area contributed by atoms with Crippen LogP contribution in [0, 0.1) is 5.92 Å². The predicted octanol–water partition coefficient (Wildman–Crippen LogP) is 2.84. The Kier molecular flexibility index (Phi) is 5.81. The Balaban J connectivity index is 2.18. The minimum atomic E-state index is -0.210. The number of hydrogen-bond donors (Lipinski definition) is 2. The van der Waals surface area contributed by atoms with Crippen molar-refractivity contribution in [2.24, 2.45) is 5.92 Å². The molecule has 1 atom stereocenters. The first kappa shape index (κ1) is 13.5. The summed E-state index contributed by atoms with van der Waals surface area (Å²) in [6.45, 7) is 5.72. The Labute approximate surface area is 103 Å². The highest BCUT2D eigenvalue weighted by atomic mass is 35.5. The third-order valence-corrected chi connectivity index (χ3v) is 2.88. The van der Waals surface area contributed by atoms with Crippen LogP contribution in [-0.2, 0) is 6.54 Å². The van der Waals surface area contributed by atoms with E-state index in [1.165, 1.54) is 5.56 Å². The summed E-state index contributed by atoms with van der Waals surface area (Å²) in [5, 5.41) is 13.7. The Morgan fingerprint density at radius 2 is 1.88 bits per heavy atom. The molecule has 1 aromatic carbocycles. The van der Waals surface area contributed by atoms with E-state index in [0.717, 1.165) is 24.5 Å². The van der Waals surface area contributed by atoms with Crippen LogP contribution >= 0.6 is 11.6 Å². The van der Waals surface area contributed by atoms with Crippen LogP contribution in [0.5, 0.6) is 0 Å². The first-order valence-electron chi connectivity index (χ1n) is 5.73. The Morgan fingerprint density at radius 1 is 1.25 bits per heavy atom. The highest BCUT2D eigenvalue weighted by molar-refractivity contribution is 6.30. The third kappa shape index (κ3) is 4.97. The quantitative estimate of drug-likeness (QED) is 0.751. The molecular formula is C13H20ClNO. The average Bonchev–Trinajstić information content (AvgIpc) is 2.26. The number of aliphatic hydroxyl groups is 1. The molecule has 1 aromatic rings. The number of hydrogen-bond acceptors (Lipinski definition) is 2. The molecule has 0 aliphatic carbocycles. The molecule has 0 amide bonds. The minimum Gasteiger partial charge on any atom is -0.393 e. The van der Waals surface area contributed by atoms with E-state index >= 15 is 0 Å². The molecule has 0 spiro atoms. The van der Waals surface area contributed by atoms with Crippen molar-refractivity contribution in [1.29, 1.82) is 0 Å². The molecule has 3 heteroatoms. The van der Waals surface area contributed by atoms with Crippen molar-refractivity contribution in [1.82, 2.24) is 5.32 Å². The number of benzene rings is 1. The third-order valence-electron chi connectivity index (χ3n) is 2.63. The lowest BCUT2D eigenvalue weighted by Crippen LogP contribution is -2.23. The standard InChI is InChI=1S/C13H20ClNO/c1-10(2)13(16)7-8-15-9-11-3-5-12(14)6-4-11/h3-6,10,13,15-16H,7-9H2,1-2H3. The first-order chi connectivity index (χ1) is 7.59. The molecule has 90 valence electrons. The van der Waals surface area contributed by atoms with Crippen LogP contribution in [0.4, 0.5) is 0 Å². The second-order valence-electron chi connectivity index (χ2n) is 4.40. The fourth-order valence-electron chi connectivity index (χ4n) is 1.42. The average molecular weight is 242 g/mol.